The van der Waals surface area contributed by atoms with Gasteiger partial charge in [0.2, 0.25) is 0 Å². The van der Waals surface area contributed by atoms with Crippen molar-refractivity contribution in [2.45, 2.75) is 20.0 Å². The highest BCUT2D eigenvalue weighted by Gasteiger charge is 2.20. The van der Waals surface area contributed by atoms with Gasteiger partial charge in [-0.1, -0.05) is 0 Å². The maximum absolute atomic E-state index is 5.65. The molecular formula is C17H29N5O2. The predicted molar refractivity (Wildman–Crippen MR) is 94.8 cm³/mol. The highest BCUT2D eigenvalue weighted by Crippen LogP contribution is 2.19. The first-order valence-corrected chi connectivity index (χ1v) is 8.96. The number of morpholine rings is 1. The third-order valence-electron chi connectivity index (χ3n) is 4.53. The summed E-state index contributed by atoms with van der Waals surface area (Å²) in [4.78, 5) is 16.0. The third kappa shape index (κ3) is 4.78. The summed E-state index contributed by atoms with van der Waals surface area (Å²) >= 11 is 0. The Balaban J connectivity index is 1.51. The molecule has 2 aliphatic rings. The Hall–Kier alpha value is -1.44. The smallest absolute Gasteiger partial charge is 0.134 e. The number of ether oxygens (including phenoxy) is 2. The Bertz CT molecular complexity index is 500. The molecule has 1 aromatic heterocycles. The SMILES string of the molecule is CC(C)OCCN1CCN(c2cc(N3CCOCC3)ncn2)CC1. The molecule has 134 valence electrons. The normalized spacial score (nSPS) is 20.0. The molecule has 0 unspecified atom stereocenters. The first kappa shape index (κ1) is 17.4. The van der Waals surface area contributed by atoms with Crippen LogP contribution in [0.5, 0.6) is 0 Å². The second kappa shape index (κ2) is 8.60. The highest BCUT2D eigenvalue weighted by molar-refractivity contribution is 5.50. The maximum atomic E-state index is 5.65. The fourth-order valence-corrected chi connectivity index (χ4v) is 3.09. The molecule has 3 rings (SSSR count). The molecular weight excluding hydrogens is 306 g/mol. The molecule has 0 atom stereocenters. The Morgan fingerprint density at radius 2 is 1.62 bits per heavy atom. The summed E-state index contributed by atoms with van der Waals surface area (Å²) in [6.07, 6.45) is 1.99. The van der Waals surface area contributed by atoms with Crippen molar-refractivity contribution in [1.82, 2.24) is 14.9 Å². The maximum Gasteiger partial charge on any atom is 0.134 e. The van der Waals surface area contributed by atoms with Crippen LogP contribution in [0.4, 0.5) is 11.6 Å². The summed E-state index contributed by atoms with van der Waals surface area (Å²) in [6.45, 7) is 13.5. The van der Waals surface area contributed by atoms with Gasteiger partial charge in [-0.15, -0.1) is 0 Å². The largest absolute Gasteiger partial charge is 0.378 e. The van der Waals surface area contributed by atoms with Gasteiger partial charge in [-0.05, 0) is 13.8 Å². The van der Waals surface area contributed by atoms with Crippen molar-refractivity contribution in [3.05, 3.63) is 12.4 Å². The second-order valence-corrected chi connectivity index (χ2v) is 6.58. The Labute approximate surface area is 144 Å². The van der Waals surface area contributed by atoms with Crippen molar-refractivity contribution >= 4 is 11.6 Å². The molecule has 0 spiro atoms. The van der Waals surface area contributed by atoms with Crippen LogP contribution in [0.15, 0.2) is 12.4 Å². The van der Waals surface area contributed by atoms with Gasteiger partial charge in [-0.25, -0.2) is 9.97 Å². The quantitative estimate of drug-likeness (QED) is 0.764. The summed E-state index contributed by atoms with van der Waals surface area (Å²) in [5.74, 6) is 2.04. The van der Waals surface area contributed by atoms with Crippen LogP contribution in [0.1, 0.15) is 13.8 Å². The lowest BCUT2D eigenvalue weighted by molar-refractivity contribution is 0.0578. The first-order chi connectivity index (χ1) is 11.7. The minimum atomic E-state index is 0.311. The van der Waals surface area contributed by atoms with Crippen molar-refractivity contribution in [2.75, 3.05) is 75.4 Å². The summed E-state index contributed by atoms with van der Waals surface area (Å²) in [5.41, 5.74) is 0. The minimum Gasteiger partial charge on any atom is -0.378 e. The Kier molecular flexibility index (Phi) is 6.23. The van der Waals surface area contributed by atoms with Gasteiger partial charge in [-0.2, -0.15) is 0 Å². The van der Waals surface area contributed by atoms with Crippen molar-refractivity contribution in [3.8, 4) is 0 Å². The van der Waals surface area contributed by atoms with Gasteiger partial charge in [-0.3, -0.25) is 4.90 Å². The molecule has 0 bridgehead atoms. The van der Waals surface area contributed by atoms with E-state index in [0.717, 1.165) is 77.3 Å². The topological polar surface area (TPSA) is 54.0 Å². The summed E-state index contributed by atoms with van der Waals surface area (Å²) in [5, 5.41) is 0. The molecule has 0 N–H and O–H groups in total. The van der Waals surface area contributed by atoms with E-state index in [4.69, 9.17) is 9.47 Å². The van der Waals surface area contributed by atoms with E-state index >= 15 is 0 Å². The molecule has 7 nitrogen and oxygen atoms in total. The monoisotopic (exact) mass is 335 g/mol. The van der Waals surface area contributed by atoms with Crippen LogP contribution in [-0.4, -0.2) is 86.6 Å². The summed E-state index contributed by atoms with van der Waals surface area (Å²) < 4.78 is 11.1. The van der Waals surface area contributed by atoms with Gasteiger partial charge in [0.1, 0.15) is 18.0 Å². The highest BCUT2D eigenvalue weighted by atomic mass is 16.5. The summed E-state index contributed by atoms with van der Waals surface area (Å²) in [7, 11) is 0. The molecule has 7 heteroatoms. The van der Waals surface area contributed by atoms with Gasteiger partial charge in [0.05, 0.1) is 25.9 Å². The van der Waals surface area contributed by atoms with Crippen LogP contribution in [0.25, 0.3) is 0 Å². The average Bonchev–Trinajstić information content (AvgIpc) is 2.63. The second-order valence-electron chi connectivity index (χ2n) is 6.58. The fourth-order valence-electron chi connectivity index (χ4n) is 3.09. The molecule has 2 saturated heterocycles. The number of hydrogen-bond acceptors (Lipinski definition) is 7. The Morgan fingerprint density at radius 3 is 2.25 bits per heavy atom. The van der Waals surface area contributed by atoms with Crippen LogP contribution in [-0.2, 0) is 9.47 Å². The van der Waals surface area contributed by atoms with Gasteiger partial charge in [0, 0.05) is 51.9 Å². The van der Waals surface area contributed by atoms with E-state index in [1.54, 1.807) is 6.33 Å². The molecule has 0 aromatic carbocycles. The van der Waals surface area contributed by atoms with Crippen molar-refractivity contribution in [1.29, 1.82) is 0 Å². The van der Waals surface area contributed by atoms with Crippen molar-refractivity contribution in [3.63, 3.8) is 0 Å². The van der Waals surface area contributed by atoms with E-state index in [2.05, 4.69) is 44.6 Å². The van der Waals surface area contributed by atoms with E-state index in [1.807, 2.05) is 0 Å². The van der Waals surface area contributed by atoms with Gasteiger partial charge < -0.3 is 19.3 Å². The third-order valence-corrected chi connectivity index (χ3v) is 4.53. The average molecular weight is 335 g/mol. The standard InChI is InChI=1S/C17H29N5O2/c1-15(2)24-12-7-20-3-5-21(6-4-20)16-13-17(19-14-18-16)22-8-10-23-11-9-22/h13-15H,3-12H2,1-2H3. The number of piperazine rings is 1. The van der Waals surface area contributed by atoms with Gasteiger partial charge in [0.25, 0.3) is 0 Å². The zero-order chi connectivity index (χ0) is 16.8. The van der Waals surface area contributed by atoms with Crippen molar-refractivity contribution < 1.29 is 9.47 Å². The van der Waals surface area contributed by atoms with Crippen molar-refractivity contribution in [2.24, 2.45) is 0 Å². The molecule has 1 aromatic rings. The molecule has 2 aliphatic heterocycles. The van der Waals surface area contributed by atoms with Gasteiger partial charge >= 0.3 is 0 Å². The zero-order valence-electron chi connectivity index (χ0n) is 14.9. The number of rotatable bonds is 6. The molecule has 0 saturated carbocycles. The number of anilines is 2. The molecule has 24 heavy (non-hydrogen) atoms. The molecule has 0 radical (unpaired) electrons. The van der Waals surface area contributed by atoms with Gasteiger partial charge in [0.15, 0.2) is 0 Å². The summed E-state index contributed by atoms with van der Waals surface area (Å²) in [6, 6.07) is 2.11. The van der Waals surface area contributed by atoms with E-state index < -0.39 is 0 Å². The van der Waals surface area contributed by atoms with E-state index in [0.29, 0.717) is 6.10 Å². The minimum absolute atomic E-state index is 0.311. The van der Waals surface area contributed by atoms with E-state index in [1.165, 1.54) is 0 Å². The number of aromatic nitrogens is 2. The van der Waals surface area contributed by atoms with Crippen LogP contribution in [0.2, 0.25) is 0 Å². The lowest BCUT2D eigenvalue weighted by Gasteiger charge is -2.36. The molecule has 3 heterocycles. The van der Waals surface area contributed by atoms with Crippen LogP contribution in [0, 0.1) is 0 Å². The lowest BCUT2D eigenvalue weighted by Crippen LogP contribution is -2.47. The zero-order valence-corrected chi connectivity index (χ0v) is 14.9. The lowest BCUT2D eigenvalue weighted by atomic mass is 10.3. The number of nitrogens with zero attached hydrogens (tertiary/aromatic N) is 5. The van der Waals surface area contributed by atoms with Crippen LogP contribution >= 0.6 is 0 Å². The molecule has 0 amide bonds. The van der Waals surface area contributed by atoms with E-state index in [9.17, 15) is 0 Å². The molecule has 2 fully saturated rings. The fraction of sp³-hybridized carbons (Fsp3) is 0.765. The Morgan fingerprint density at radius 1 is 1.00 bits per heavy atom. The van der Waals surface area contributed by atoms with E-state index in [-0.39, 0.29) is 0 Å². The van der Waals surface area contributed by atoms with Crippen LogP contribution in [0.3, 0.4) is 0 Å². The molecule has 0 aliphatic carbocycles. The number of hydrogen-bond donors (Lipinski definition) is 0. The predicted octanol–water partition coefficient (Wildman–Crippen LogP) is 0.860. The van der Waals surface area contributed by atoms with Crippen LogP contribution < -0.4 is 9.80 Å². The first-order valence-electron chi connectivity index (χ1n) is 8.96.